The van der Waals surface area contributed by atoms with E-state index in [4.69, 9.17) is 5.11 Å². The molecule has 114 valence electrons. The van der Waals surface area contributed by atoms with Gasteiger partial charge in [0.1, 0.15) is 4.21 Å². The lowest BCUT2D eigenvalue weighted by molar-refractivity contribution is -0.130. The second-order valence-corrected chi connectivity index (χ2v) is 7.16. The van der Waals surface area contributed by atoms with E-state index in [0.717, 1.165) is 24.2 Å². The predicted molar refractivity (Wildman–Crippen MR) is 78.1 cm³/mol. The van der Waals surface area contributed by atoms with E-state index in [1.807, 2.05) is 6.92 Å². The SMILES string of the molecule is CCCCN(CCO)C(=O)CNS(=O)(=O)c1cccs1. The van der Waals surface area contributed by atoms with E-state index in [-0.39, 0.29) is 29.8 Å². The van der Waals surface area contributed by atoms with Gasteiger partial charge in [0, 0.05) is 13.1 Å². The Kier molecular flexibility index (Phi) is 7.14. The lowest BCUT2D eigenvalue weighted by Crippen LogP contribution is -2.41. The number of sulfonamides is 1. The largest absolute Gasteiger partial charge is 0.395 e. The average Bonchev–Trinajstić information content (AvgIpc) is 2.95. The van der Waals surface area contributed by atoms with E-state index >= 15 is 0 Å². The van der Waals surface area contributed by atoms with Gasteiger partial charge in [0.15, 0.2) is 0 Å². The molecule has 0 aliphatic rings. The van der Waals surface area contributed by atoms with Crippen molar-refractivity contribution in [3.8, 4) is 0 Å². The third kappa shape index (κ3) is 5.20. The van der Waals surface area contributed by atoms with Crippen LogP contribution in [-0.4, -0.2) is 50.6 Å². The number of nitrogens with zero attached hydrogens (tertiary/aromatic N) is 1. The van der Waals surface area contributed by atoms with Crippen LogP contribution in [0.25, 0.3) is 0 Å². The Bertz CT molecular complexity index is 500. The fourth-order valence-electron chi connectivity index (χ4n) is 1.59. The first kappa shape index (κ1) is 17.1. The standard InChI is InChI=1S/C12H20N2O4S2/c1-2-3-6-14(7-8-15)11(16)10-13-20(17,18)12-5-4-9-19-12/h4-5,9,13,15H,2-3,6-8,10H2,1H3. The third-order valence-corrected chi connectivity index (χ3v) is 5.48. The third-order valence-electron chi connectivity index (χ3n) is 2.68. The molecule has 0 aliphatic heterocycles. The van der Waals surface area contributed by atoms with Gasteiger partial charge in [0.05, 0.1) is 13.2 Å². The molecule has 0 fully saturated rings. The molecule has 0 aliphatic carbocycles. The minimum absolute atomic E-state index is 0.132. The highest BCUT2D eigenvalue weighted by atomic mass is 32.2. The molecule has 0 radical (unpaired) electrons. The first-order valence-corrected chi connectivity index (χ1v) is 8.79. The highest BCUT2D eigenvalue weighted by molar-refractivity contribution is 7.91. The van der Waals surface area contributed by atoms with Crippen LogP contribution in [0.3, 0.4) is 0 Å². The van der Waals surface area contributed by atoms with Crippen LogP contribution in [0.15, 0.2) is 21.7 Å². The van der Waals surface area contributed by atoms with Gasteiger partial charge in [-0.25, -0.2) is 13.1 Å². The number of carbonyl (C=O) groups is 1. The second kappa shape index (κ2) is 8.35. The van der Waals surface area contributed by atoms with Crippen molar-refractivity contribution in [2.45, 2.75) is 24.0 Å². The molecule has 0 saturated carbocycles. The van der Waals surface area contributed by atoms with Crippen LogP contribution < -0.4 is 4.72 Å². The van der Waals surface area contributed by atoms with E-state index in [1.54, 1.807) is 11.4 Å². The normalized spacial score (nSPS) is 11.5. The Morgan fingerprint density at radius 1 is 1.45 bits per heavy atom. The van der Waals surface area contributed by atoms with Gasteiger partial charge in [-0.15, -0.1) is 11.3 Å². The summed E-state index contributed by atoms with van der Waals surface area (Å²) >= 11 is 1.10. The molecule has 0 unspecified atom stereocenters. The predicted octanol–water partition coefficient (Wildman–Crippen LogP) is 0.647. The topological polar surface area (TPSA) is 86.7 Å². The summed E-state index contributed by atoms with van der Waals surface area (Å²) in [5.74, 6) is -0.326. The van der Waals surface area contributed by atoms with Gasteiger partial charge in [0.2, 0.25) is 5.91 Å². The fourth-order valence-corrected chi connectivity index (χ4v) is 3.60. The van der Waals surface area contributed by atoms with Gasteiger partial charge in [-0.2, -0.15) is 0 Å². The monoisotopic (exact) mass is 320 g/mol. The van der Waals surface area contributed by atoms with Crippen molar-refractivity contribution < 1.29 is 18.3 Å². The highest BCUT2D eigenvalue weighted by Crippen LogP contribution is 2.14. The summed E-state index contributed by atoms with van der Waals surface area (Å²) in [7, 11) is -3.62. The molecule has 6 nitrogen and oxygen atoms in total. The lowest BCUT2D eigenvalue weighted by Gasteiger charge is -2.21. The van der Waals surface area contributed by atoms with Crippen molar-refractivity contribution in [2.75, 3.05) is 26.2 Å². The van der Waals surface area contributed by atoms with Gasteiger partial charge in [-0.3, -0.25) is 4.79 Å². The minimum Gasteiger partial charge on any atom is -0.395 e. The van der Waals surface area contributed by atoms with Gasteiger partial charge in [-0.1, -0.05) is 19.4 Å². The van der Waals surface area contributed by atoms with Gasteiger partial charge in [0.25, 0.3) is 10.0 Å². The number of hydrogen-bond acceptors (Lipinski definition) is 5. The number of unbranched alkanes of at least 4 members (excludes halogenated alkanes) is 1. The molecule has 0 atom stereocenters. The maximum atomic E-state index is 11.9. The summed E-state index contributed by atoms with van der Waals surface area (Å²) in [6, 6.07) is 3.13. The van der Waals surface area contributed by atoms with E-state index < -0.39 is 10.0 Å². The Labute approximate surface area is 123 Å². The smallest absolute Gasteiger partial charge is 0.250 e. The molecule has 0 saturated heterocycles. The first-order chi connectivity index (χ1) is 9.51. The fraction of sp³-hybridized carbons (Fsp3) is 0.583. The van der Waals surface area contributed by atoms with Crippen molar-refractivity contribution in [2.24, 2.45) is 0 Å². The average molecular weight is 320 g/mol. The summed E-state index contributed by atoms with van der Waals surface area (Å²) in [6.45, 7) is 2.33. The second-order valence-electron chi connectivity index (χ2n) is 4.21. The molecule has 8 heteroatoms. The Morgan fingerprint density at radius 2 is 2.20 bits per heavy atom. The molecule has 0 bridgehead atoms. The lowest BCUT2D eigenvalue weighted by atomic mass is 10.3. The Balaban J connectivity index is 2.56. The number of nitrogens with one attached hydrogen (secondary N) is 1. The molecular formula is C12H20N2O4S2. The van der Waals surface area contributed by atoms with Crippen LogP contribution in [0.5, 0.6) is 0 Å². The van der Waals surface area contributed by atoms with Crippen LogP contribution >= 0.6 is 11.3 Å². The van der Waals surface area contributed by atoms with E-state index in [1.165, 1.54) is 11.0 Å². The summed E-state index contributed by atoms with van der Waals surface area (Å²) in [5, 5.41) is 10.6. The Hall–Kier alpha value is -0.960. The van der Waals surface area contributed by atoms with Crippen molar-refractivity contribution in [1.82, 2.24) is 9.62 Å². The van der Waals surface area contributed by atoms with Crippen molar-refractivity contribution in [1.29, 1.82) is 0 Å². The van der Waals surface area contributed by atoms with E-state index in [9.17, 15) is 13.2 Å². The molecular weight excluding hydrogens is 300 g/mol. The van der Waals surface area contributed by atoms with Crippen LogP contribution in [0.4, 0.5) is 0 Å². The number of aliphatic hydroxyl groups is 1. The number of hydrogen-bond donors (Lipinski definition) is 2. The van der Waals surface area contributed by atoms with Gasteiger partial charge >= 0.3 is 0 Å². The zero-order valence-corrected chi connectivity index (χ0v) is 13.0. The number of rotatable bonds is 9. The number of thiophene rings is 1. The molecule has 1 heterocycles. The number of aliphatic hydroxyl groups excluding tert-OH is 1. The molecule has 2 N–H and O–H groups in total. The molecule has 1 rings (SSSR count). The van der Waals surface area contributed by atoms with Gasteiger partial charge < -0.3 is 10.0 Å². The zero-order valence-electron chi connectivity index (χ0n) is 11.4. The molecule has 0 aromatic carbocycles. The van der Waals surface area contributed by atoms with E-state index in [0.29, 0.717) is 6.54 Å². The highest BCUT2D eigenvalue weighted by Gasteiger charge is 2.19. The molecule has 1 aromatic rings. The van der Waals surface area contributed by atoms with Crippen LogP contribution in [0.2, 0.25) is 0 Å². The van der Waals surface area contributed by atoms with Crippen molar-refractivity contribution >= 4 is 27.3 Å². The minimum atomic E-state index is -3.62. The van der Waals surface area contributed by atoms with Crippen molar-refractivity contribution in [3.05, 3.63) is 17.5 Å². The summed E-state index contributed by atoms with van der Waals surface area (Å²) in [5.41, 5.74) is 0. The molecule has 1 amide bonds. The Morgan fingerprint density at radius 3 is 2.75 bits per heavy atom. The summed E-state index contributed by atoms with van der Waals surface area (Å²) < 4.78 is 26.2. The van der Waals surface area contributed by atoms with Crippen LogP contribution in [0.1, 0.15) is 19.8 Å². The maximum absolute atomic E-state index is 11.9. The maximum Gasteiger partial charge on any atom is 0.250 e. The summed E-state index contributed by atoms with van der Waals surface area (Å²) in [4.78, 5) is 13.4. The van der Waals surface area contributed by atoms with Crippen molar-refractivity contribution in [3.63, 3.8) is 0 Å². The van der Waals surface area contributed by atoms with Crippen LogP contribution in [0, 0.1) is 0 Å². The van der Waals surface area contributed by atoms with Gasteiger partial charge in [-0.05, 0) is 17.9 Å². The first-order valence-electron chi connectivity index (χ1n) is 6.43. The number of amides is 1. The quantitative estimate of drug-likeness (QED) is 0.699. The molecule has 1 aromatic heterocycles. The van der Waals surface area contributed by atoms with Crippen LogP contribution in [-0.2, 0) is 14.8 Å². The summed E-state index contributed by atoms with van der Waals surface area (Å²) in [6.07, 6.45) is 1.75. The molecule has 0 spiro atoms. The number of carbonyl (C=O) groups excluding carboxylic acids is 1. The van der Waals surface area contributed by atoms with E-state index in [2.05, 4.69) is 4.72 Å². The molecule has 20 heavy (non-hydrogen) atoms. The zero-order chi connectivity index (χ0) is 15.0.